The highest BCUT2D eigenvalue weighted by atomic mass is 16.5. The molecule has 8 nitrogen and oxygen atoms in total. The number of rotatable bonds is 9. The number of aromatic nitrogens is 2. The number of aromatic amines is 1. The summed E-state index contributed by atoms with van der Waals surface area (Å²) in [4.78, 5) is 15.2. The molecule has 0 spiro atoms. The van der Waals surface area contributed by atoms with Gasteiger partial charge in [0, 0.05) is 30.8 Å². The lowest BCUT2D eigenvalue weighted by Crippen LogP contribution is -2.48. The first kappa shape index (κ1) is 23.5. The van der Waals surface area contributed by atoms with E-state index in [9.17, 15) is 4.79 Å². The lowest BCUT2D eigenvalue weighted by Gasteiger charge is -2.33. The molecule has 2 N–H and O–H groups in total. The van der Waals surface area contributed by atoms with Crippen molar-refractivity contribution in [3.05, 3.63) is 54.1 Å². The number of methoxy groups -OCH3 is 1. The van der Waals surface area contributed by atoms with Gasteiger partial charge in [-0.3, -0.25) is 9.89 Å². The fourth-order valence-corrected chi connectivity index (χ4v) is 4.16. The van der Waals surface area contributed by atoms with Crippen LogP contribution in [0.5, 0.6) is 17.2 Å². The predicted molar refractivity (Wildman–Crippen MR) is 132 cm³/mol. The zero-order valence-corrected chi connectivity index (χ0v) is 20.0. The molecule has 3 aromatic rings. The van der Waals surface area contributed by atoms with E-state index in [1.54, 1.807) is 25.3 Å². The van der Waals surface area contributed by atoms with E-state index in [0.29, 0.717) is 36.8 Å². The largest absolute Gasteiger partial charge is 0.497 e. The van der Waals surface area contributed by atoms with Gasteiger partial charge in [-0.15, -0.1) is 0 Å². The van der Waals surface area contributed by atoms with Crippen molar-refractivity contribution in [3.8, 4) is 28.5 Å². The van der Waals surface area contributed by atoms with Crippen LogP contribution in [-0.4, -0.2) is 55.6 Å². The van der Waals surface area contributed by atoms with E-state index < -0.39 is 0 Å². The smallest absolute Gasteiger partial charge is 0.251 e. The first-order valence-corrected chi connectivity index (χ1v) is 11.8. The minimum atomic E-state index is -0.114. The molecular formula is C26H32N4O4. The Hall–Kier alpha value is -3.68. The first-order chi connectivity index (χ1) is 16.6. The quantitative estimate of drug-likeness (QED) is 0.491. The van der Waals surface area contributed by atoms with Crippen LogP contribution in [-0.2, 0) is 0 Å². The van der Waals surface area contributed by atoms with Crippen LogP contribution in [0.4, 0.5) is 5.82 Å². The number of piperidine rings is 1. The number of hydrogen-bond acceptors (Lipinski definition) is 6. The lowest BCUT2D eigenvalue weighted by atomic mass is 10.0. The topological polar surface area (TPSA) is 88.7 Å². The highest BCUT2D eigenvalue weighted by Gasteiger charge is 2.24. The Labute approximate surface area is 200 Å². The number of carbonyl (C=O) groups is 1. The average Bonchev–Trinajstić information content (AvgIpc) is 3.36. The van der Waals surface area contributed by atoms with E-state index in [2.05, 4.69) is 20.4 Å². The standard InChI is InChI=1S/C26H32N4O4/c1-4-33-23-13-10-19(15-24(23)34-5-2)26(31)27-20-7-6-14-30(17-20)25-16-22(28-29-25)18-8-11-21(32-3)12-9-18/h8-13,15-16,20H,4-7,14,17H2,1-3H3,(H,27,31)(H,28,29). The van der Waals surface area contributed by atoms with Gasteiger partial charge in [-0.1, -0.05) is 0 Å². The molecule has 2 heterocycles. The summed E-state index contributed by atoms with van der Waals surface area (Å²) in [5.74, 6) is 2.82. The molecule has 1 amide bonds. The Morgan fingerprint density at radius 2 is 1.85 bits per heavy atom. The van der Waals surface area contributed by atoms with E-state index in [0.717, 1.165) is 42.2 Å². The fraction of sp³-hybridized carbons (Fsp3) is 0.385. The van der Waals surface area contributed by atoms with Crippen LogP contribution >= 0.6 is 0 Å². The molecular weight excluding hydrogens is 432 g/mol. The molecule has 1 aromatic heterocycles. The van der Waals surface area contributed by atoms with Crippen LogP contribution in [0.2, 0.25) is 0 Å². The first-order valence-electron chi connectivity index (χ1n) is 11.8. The van der Waals surface area contributed by atoms with Gasteiger partial charge in [0.05, 0.1) is 26.0 Å². The van der Waals surface area contributed by atoms with Crippen molar-refractivity contribution in [3.63, 3.8) is 0 Å². The molecule has 34 heavy (non-hydrogen) atoms. The number of ether oxygens (including phenoxy) is 3. The number of benzene rings is 2. The van der Waals surface area contributed by atoms with Crippen LogP contribution in [0.3, 0.4) is 0 Å². The Morgan fingerprint density at radius 3 is 2.59 bits per heavy atom. The Bertz CT molecular complexity index is 1100. The van der Waals surface area contributed by atoms with Gasteiger partial charge in [0.15, 0.2) is 17.3 Å². The maximum absolute atomic E-state index is 13.0. The minimum absolute atomic E-state index is 0.0319. The van der Waals surface area contributed by atoms with Crippen LogP contribution in [0.1, 0.15) is 37.0 Å². The maximum atomic E-state index is 13.0. The van der Waals surface area contributed by atoms with Gasteiger partial charge in [-0.05, 0) is 74.7 Å². The van der Waals surface area contributed by atoms with Gasteiger partial charge < -0.3 is 24.4 Å². The van der Waals surface area contributed by atoms with E-state index in [4.69, 9.17) is 14.2 Å². The third-order valence-electron chi connectivity index (χ3n) is 5.85. The molecule has 1 atom stereocenters. The molecule has 2 aromatic carbocycles. The van der Waals surface area contributed by atoms with Crippen molar-refractivity contribution in [1.29, 1.82) is 0 Å². The minimum Gasteiger partial charge on any atom is -0.497 e. The number of hydrogen-bond donors (Lipinski definition) is 2. The summed E-state index contributed by atoms with van der Waals surface area (Å²) in [6, 6.07) is 15.3. The predicted octanol–water partition coefficient (Wildman–Crippen LogP) is 4.28. The zero-order valence-electron chi connectivity index (χ0n) is 20.0. The summed E-state index contributed by atoms with van der Waals surface area (Å²) >= 11 is 0. The second kappa shape index (κ2) is 11.0. The molecule has 0 saturated carbocycles. The molecule has 180 valence electrons. The van der Waals surface area contributed by atoms with E-state index in [1.165, 1.54) is 0 Å². The number of nitrogens with one attached hydrogen (secondary N) is 2. The van der Waals surface area contributed by atoms with Gasteiger partial charge >= 0.3 is 0 Å². The molecule has 1 fully saturated rings. The van der Waals surface area contributed by atoms with Crippen molar-refractivity contribution in [2.75, 3.05) is 38.3 Å². The average molecular weight is 465 g/mol. The summed E-state index contributed by atoms with van der Waals surface area (Å²) < 4.78 is 16.5. The highest BCUT2D eigenvalue weighted by molar-refractivity contribution is 5.95. The summed E-state index contributed by atoms with van der Waals surface area (Å²) in [6.07, 6.45) is 1.90. The molecule has 1 saturated heterocycles. The Morgan fingerprint density at radius 1 is 1.09 bits per heavy atom. The van der Waals surface area contributed by atoms with Crippen molar-refractivity contribution < 1.29 is 19.0 Å². The van der Waals surface area contributed by atoms with Crippen molar-refractivity contribution >= 4 is 11.7 Å². The van der Waals surface area contributed by atoms with Crippen molar-refractivity contribution in [2.45, 2.75) is 32.7 Å². The van der Waals surface area contributed by atoms with Crippen LogP contribution < -0.4 is 24.4 Å². The fourth-order valence-electron chi connectivity index (χ4n) is 4.16. The van der Waals surface area contributed by atoms with Gasteiger partial charge in [0.25, 0.3) is 5.91 Å². The van der Waals surface area contributed by atoms with Crippen LogP contribution in [0, 0.1) is 0 Å². The SMILES string of the molecule is CCOc1ccc(C(=O)NC2CCCN(c3cc(-c4ccc(OC)cc4)[nH]n3)C2)cc1OCC. The summed E-state index contributed by atoms with van der Waals surface area (Å²) in [6.45, 7) is 6.48. The van der Waals surface area contributed by atoms with Gasteiger partial charge in [0.2, 0.25) is 0 Å². The Kier molecular flexibility index (Phi) is 7.57. The molecule has 0 bridgehead atoms. The number of amides is 1. The van der Waals surface area contributed by atoms with Gasteiger partial charge in [-0.2, -0.15) is 5.10 Å². The summed E-state index contributed by atoms with van der Waals surface area (Å²) in [5, 5.41) is 10.8. The molecule has 0 radical (unpaired) electrons. The summed E-state index contributed by atoms with van der Waals surface area (Å²) in [5.41, 5.74) is 2.55. The Balaban J connectivity index is 1.41. The second-order valence-electron chi connectivity index (χ2n) is 8.15. The molecule has 8 heteroatoms. The number of H-pyrrole nitrogens is 1. The van der Waals surface area contributed by atoms with E-state index >= 15 is 0 Å². The molecule has 1 aliphatic rings. The number of nitrogens with zero attached hydrogens (tertiary/aromatic N) is 2. The van der Waals surface area contributed by atoms with Gasteiger partial charge in [0.1, 0.15) is 5.75 Å². The second-order valence-corrected chi connectivity index (χ2v) is 8.15. The maximum Gasteiger partial charge on any atom is 0.251 e. The van der Waals surface area contributed by atoms with Crippen molar-refractivity contribution in [1.82, 2.24) is 15.5 Å². The summed E-state index contributed by atoms with van der Waals surface area (Å²) in [7, 11) is 1.66. The van der Waals surface area contributed by atoms with Crippen LogP contribution in [0.25, 0.3) is 11.3 Å². The molecule has 1 unspecified atom stereocenters. The zero-order chi connectivity index (χ0) is 23.9. The molecule has 0 aliphatic carbocycles. The lowest BCUT2D eigenvalue weighted by molar-refractivity contribution is 0.0932. The van der Waals surface area contributed by atoms with E-state index in [1.807, 2.05) is 44.2 Å². The van der Waals surface area contributed by atoms with E-state index in [-0.39, 0.29) is 11.9 Å². The third kappa shape index (κ3) is 5.44. The van der Waals surface area contributed by atoms with Crippen LogP contribution in [0.15, 0.2) is 48.5 Å². The normalized spacial score (nSPS) is 15.6. The molecule has 1 aliphatic heterocycles. The monoisotopic (exact) mass is 464 g/mol. The van der Waals surface area contributed by atoms with Gasteiger partial charge in [-0.25, -0.2) is 0 Å². The van der Waals surface area contributed by atoms with Crippen molar-refractivity contribution in [2.24, 2.45) is 0 Å². The number of carbonyl (C=O) groups excluding carboxylic acids is 1. The third-order valence-corrected chi connectivity index (χ3v) is 5.85. The number of anilines is 1. The highest BCUT2D eigenvalue weighted by Crippen LogP contribution is 2.29. The molecule has 4 rings (SSSR count).